The van der Waals surface area contributed by atoms with Gasteiger partial charge in [0, 0.05) is 11.6 Å². The molecule has 1 atom stereocenters. The monoisotopic (exact) mass is 376 g/mol. The Morgan fingerprint density at radius 2 is 1.92 bits per heavy atom. The second-order valence-corrected chi connectivity index (χ2v) is 8.70. The first-order valence-electron chi connectivity index (χ1n) is 7.80. The Labute approximate surface area is 150 Å². The third kappa shape index (κ3) is 3.75. The van der Waals surface area contributed by atoms with E-state index in [9.17, 15) is 13.2 Å². The molecule has 7 heteroatoms. The SMILES string of the molecule is CC(c1cccc(Cl)c1)S(=O)(=O)CCn1cnc2ccccc2c1=O. The van der Waals surface area contributed by atoms with Gasteiger partial charge in [-0.2, -0.15) is 0 Å². The van der Waals surface area contributed by atoms with Crippen molar-refractivity contribution in [2.45, 2.75) is 18.7 Å². The number of aromatic nitrogens is 2. The Bertz CT molecular complexity index is 1080. The van der Waals surface area contributed by atoms with Gasteiger partial charge in [0.1, 0.15) is 0 Å². The molecule has 1 unspecified atom stereocenters. The maximum absolute atomic E-state index is 12.6. The second-order valence-electron chi connectivity index (χ2n) is 5.82. The maximum Gasteiger partial charge on any atom is 0.261 e. The molecule has 1 aromatic heterocycles. The molecule has 0 aliphatic carbocycles. The van der Waals surface area contributed by atoms with Gasteiger partial charge >= 0.3 is 0 Å². The second kappa shape index (κ2) is 6.98. The number of benzene rings is 2. The van der Waals surface area contributed by atoms with Crippen molar-refractivity contribution in [3.63, 3.8) is 0 Å². The molecule has 0 saturated carbocycles. The minimum atomic E-state index is -3.44. The summed E-state index contributed by atoms with van der Waals surface area (Å²) in [5.74, 6) is -0.152. The molecule has 1 heterocycles. The van der Waals surface area contributed by atoms with E-state index in [0.29, 0.717) is 21.5 Å². The van der Waals surface area contributed by atoms with Crippen LogP contribution in [0, 0.1) is 0 Å². The fourth-order valence-corrected chi connectivity index (χ4v) is 4.20. The average Bonchev–Trinajstić information content (AvgIpc) is 2.61. The van der Waals surface area contributed by atoms with E-state index in [2.05, 4.69) is 4.98 Å². The first kappa shape index (κ1) is 17.6. The summed E-state index contributed by atoms with van der Waals surface area (Å²) in [6.07, 6.45) is 1.39. The molecular weight excluding hydrogens is 360 g/mol. The summed E-state index contributed by atoms with van der Waals surface area (Å²) in [5.41, 5.74) is 0.992. The number of aryl methyl sites for hydroxylation is 1. The van der Waals surface area contributed by atoms with Crippen molar-refractivity contribution in [1.29, 1.82) is 0 Å². The molecule has 0 radical (unpaired) electrons. The van der Waals surface area contributed by atoms with Gasteiger partial charge in [-0.05, 0) is 36.8 Å². The molecule has 25 heavy (non-hydrogen) atoms. The van der Waals surface area contributed by atoms with Crippen LogP contribution < -0.4 is 5.56 Å². The summed E-state index contributed by atoms with van der Waals surface area (Å²) < 4.78 is 26.6. The van der Waals surface area contributed by atoms with Crippen molar-refractivity contribution in [3.8, 4) is 0 Å². The van der Waals surface area contributed by atoms with Crippen LogP contribution >= 0.6 is 11.6 Å². The van der Waals surface area contributed by atoms with Gasteiger partial charge in [0.15, 0.2) is 9.84 Å². The lowest BCUT2D eigenvalue weighted by Crippen LogP contribution is -2.26. The molecule has 5 nitrogen and oxygen atoms in total. The van der Waals surface area contributed by atoms with Crippen LogP contribution in [0.3, 0.4) is 0 Å². The fourth-order valence-electron chi connectivity index (χ4n) is 2.63. The molecule has 3 rings (SSSR count). The Morgan fingerprint density at radius 3 is 2.68 bits per heavy atom. The zero-order chi connectivity index (χ0) is 18.0. The summed E-state index contributed by atoms with van der Waals surface area (Å²) in [6.45, 7) is 1.69. The van der Waals surface area contributed by atoms with E-state index in [4.69, 9.17) is 11.6 Å². The normalized spacial score (nSPS) is 13.0. The smallest absolute Gasteiger partial charge is 0.261 e. The lowest BCUT2D eigenvalue weighted by molar-refractivity contribution is 0.577. The topological polar surface area (TPSA) is 69.0 Å². The Morgan fingerprint density at radius 1 is 1.16 bits per heavy atom. The first-order chi connectivity index (χ1) is 11.9. The predicted molar refractivity (Wildman–Crippen MR) is 99.7 cm³/mol. The van der Waals surface area contributed by atoms with Gasteiger partial charge in [0.25, 0.3) is 5.56 Å². The summed E-state index contributed by atoms with van der Waals surface area (Å²) in [7, 11) is -3.44. The van der Waals surface area contributed by atoms with Crippen molar-refractivity contribution >= 4 is 32.3 Å². The van der Waals surface area contributed by atoms with Crippen LogP contribution in [0.15, 0.2) is 59.7 Å². The minimum absolute atomic E-state index is 0.0594. The van der Waals surface area contributed by atoms with Crippen LogP contribution in [0.1, 0.15) is 17.7 Å². The van der Waals surface area contributed by atoms with Gasteiger partial charge in [0.2, 0.25) is 0 Å². The molecule has 0 N–H and O–H groups in total. The van der Waals surface area contributed by atoms with Crippen LogP contribution in [-0.2, 0) is 16.4 Å². The highest BCUT2D eigenvalue weighted by molar-refractivity contribution is 7.91. The third-order valence-corrected chi connectivity index (χ3v) is 6.54. The number of halogens is 1. The molecule has 0 amide bonds. The van der Waals surface area contributed by atoms with E-state index < -0.39 is 15.1 Å². The van der Waals surface area contributed by atoms with Crippen LogP contribution in [0.5, 0.6) is 0 Å². The molecule has 130 valence electrons. The highest BCUT2D eigenvalue weighted by atomic mass is 35.5. The number of rotatable bonds is 5. The van der Waals surface area contributed by atoms with Crippen LogP contribution in [0.25, 0.3) is 10.9 Å². The van der Waals surface area contributed by atoms with Crippen LogP contribution in [0.2, 0.25) is 5.02 Å². The predicted octanol–water partition coefficient (Wildman–Crippen LogP) is 3.23. The van der Waals surface area contributed by atoms with Gasteiger partial charge in [-0.1, -0.05) is 35.9 Å². The summed E-state index contributed by atoms with van der Waals surface area (Å²) >= 11 is 5.94. The van der Waals surface area contributed by atoms with Crippen molar-refractivity contribution in [2.24, 2.45) is 0 Å². The quantitative estimate of drug-likeness (QED) is 0.685. The first-order valence-corrected chi connectivity index (χ1v) is 9.89. The number of fused-ring (bicyclic) bond motifs is 1. The number of hydrogen-bond acceptors (Lipinski definition) is 4. The summed E-state index contributed by atoms with van der Waals surface area (Å²) in [5, 5.41) is 0.273. The minimum Gasteiger partial charge on any atom is -0.298 e. The van der Waals surface area contributed by atoms with E-state index in [1.54, 1.807) is 55.5 Å². The molecule has 0 fully saturated rings. The molecular formula is C18H17ClN2O3S. The summed E-state index contributed by atoms with van der Waals surface area (Å²) in [6, 6.07) is 13.8. The largest absolute Gasteiger partial charge is 0.298 e. The Hall–Kier alpha value is -2.18. The maximum atomic E-state index is 12.6. The Kier molecular flexibility index (Phi) is 4.92. The highest BCUT2D eigenvalue weighted by Gasteiger charge is 2.23. The van der Waals surface area contributed by atoms with E-state index in [0.717, 1.165) is 0 Å². The standard InChI is InChI=1S/C18H17ClN2O3S/c1-13(14-5-4-6-15(19)11-14)25(23,24)10-9-21-12-20-17-8-3-2-7-16(17)18(21)22/h2-8,11-13H,9-10H2,1H3. The Balaban J connectivity index is 1.83. The molecule has 0 aliphatic heterocycles. The third-order valence-electron chi connectivity index (χ3n) is 4.20. The van der Waals surface area contributed by atoms with Gasteiger partial charge in [-0.3, -0.25) is 9.36 Å². The lowest BCUT2D eigenvalue weighted by Gasteiger charge is -2.14. The molecule has 2 aromatic carbocycles. The van der Waals surface area contributed by atoms with Gasteiger partial charge in [0.05, 0.1) is 28.2 Å². The van der Waals surface area contributed by atoms with E-state index in [1.165, 1.54) is 10.9 Å². The van der Waals surface area contributed by atoms with E-state index in [-0.39, 0.29) is 17.9 Å². The van der Waals surface area contributed by atoms with Crippen molar-refractivity contribution in [3.05, 3.63) is 75.8 Å². The van der Waals surface area contributed by atoms with E-state index >= 15 is 0 Å². The zero-order valence-electron chi connectivity index (χ0n) is 13.6. The molecule has 0 spiro atoms. The van der Waals surface area contributed by atoms with Crippen molar-refractivity contribution in [1.82, 2.24) is 9.55 Å². The van der Waals surface area contributed by atoms with Crippen molar-refractivity contribution < 1.29 is 8.42 Å². The fraction of sp³-hybridized carbons (Fsp3) is 0.222. The number of hydrogen-bond donors (Lipinski definition) is 0. The van der Waals surface area contributed by atoms with E-state index in [1.807, 2.05) is 0 Å². The number of sulfone groups is 1. The number of nitrogens with zero attached hydrogens (tertiary/aromatic N) is 2. The van der Waals surface area contributed by atoms with Gasteiger partial charge in [-0.25, -0.2) is 13.4 Å². The molecule has 0 saturated heterocycles. The van der Waals surface area contributed by atoms with Crippen LogP contribution in [0.4, 0.5) is 0 Å². The summed E-state index contributed by atoms with van der Waals surface area (Å²) in [4.78, 5) is 16.6. The number of para-hydroxylation sites is 1. The molecule has 0 bridgehead atoms. The van der Waals surface area contributed by atoms with Gasteiger partial charge in [-0.15, -0.1) is 0 Å². The zero-order valence-corrected chi connectivity index (χ0v) is 15.2. The molecule has 3 aromatic rings. The highest BCUT2D eigenvalue weighted by Crippen LogP contribution is 2.25. The average molecular weight is 377 g/mol. The van der Waals surface area contributed by atoms with Gasteiger partial charge < -0.3 is 0 Å². The lowest BCUT2D eigenvalue weighted by atomic mass is 10.2. The molecule has 0 aliphatic rings. The van der Waals surface area contributed by atoms with Crippen LogP contribution in [-0.4, -0.2) is 23.7 Å². The van der Waals surface area contributed by atoms with Crippen molar-refractivity contribution in [2.75, 3.05) is 5.75 Å².